The first-order valence-corrected chi connectivity index (χ1v) is 6.28. The SMILES string of the molecule is COC[C@@H](OCC(C)C)c1ccc(Br)cc1. The fraction of sp³-hybridized carbons (Fsp3) is 0.538. The van der Waals surface area contributed by atoms with Crippen molar-refractivity contribution in [1.82, 2.24) is 0 Å². The van der Waals surface area contributed by atoms with Crippen LogP contribution in [0.2, 0.25) is 0 Å². The Kier molecular flexibility index (Phi) is 6.03. The lowest BCUT2D eigenvalue weighted by molar-refractivity contribution is -0.0143. The Morgan fingerprint density at radius 2 is 1.75 bits per heavy atom. The van der Waals surface area contributed by atoms with Crippen LogP contribution in [0.4, 0.5) is 0 Å². The van der Waals surface area contributed by atoms with Crippen LogP contribution in [0.5, 0.6) is 0 Å². The van der Waals surface area contributed by atoms with Crippen LogP contribution in [0.3, 0.4) is 0 Å². The Morgan fingerprint density at radius 1 is 1.12 bits per heavy atom. The second kappa shape index (κ2) is 7.05. The van der Waals surface area contributed by atoms with E-state index in [2.05, 4.69) is 41.9 Å². The first-order valence-electron chi connectivity index (χ1n) is 5.49. The molecule has 3 heteroatoms. The Labute approximate surface area is 106 Å². The van der Waals surface area contributed by atoms with Gasteiger partial charge in [-0.2, -0.15) is 0 Å². The number of hydrogen-bond donors (Lipinski definition) is 0. The van der Waals surface area contributed by atoms with Crippen LogP contribution in [-0.2, 0) is 9.47 Å². The van der Waals surface area contributed by atoms with Crippen molar-refractivity contribution in [2.24, 2.45) is 5.92 Å². The summed E-state index contributed by atoms with van der Waals surface area (Å²) < 4.78 is 12.1. The van der Waals surface area contributed by atoms with E-state index in [0.717, 1.165) is 16.6 Å². The number of rotatable bonds is 6. The third-order valence-corrected chi connectivity index (χ3v) is 2.72. The molecule has 1 aromatic rings. The van der Waals surface area contributed by atoms with Gasteiger partial charge in [0.15, 0.2) is 0 Å². The zero-order chi connectivity index (χ0) is 12.0. The highest BCUT2D eigenvalue weighted by Crippen LogP contribution is 2.21. The highest BCUT2D eigenvalue weighted by molar-refractivity contribution is 9.10. The van der Waals surface area contributed by atoms with Gasteiger partial charge in [0.2, 0.25) is 0 Å². The third kappa shape index (κ3) is 4.64. The predicted molar refractivity (Wildman–Crippen MR) is 69.5 cm³/mol. The molecule has 0 aliphatic rings. The molecule has 0 spiro atoms. The van der Waals surface area contributed by atoms with Gasteiger partial charge >= 0.3 is 0 Å². The summed E-state index contributed by atoms with van der Waals surface area (Å²) in [6.45, 7) is 5.63. The molecule has 0 saturated heterocycles. The molecule has 0 fully saturated rings. The van der Waals surface area contributed by atoms with Crippen LogP contribution in [0, 0.1) is 5.92 Å². The normalized spacial score (nSPS) is 13.1. The molecule has 0 bridgehead atoms. The van der Waals surface area contributed by atoms with E-state index in [-0.39, 0.29) is 6.10 Å². The van der Waals surface area contributed by atoms with Crippen molar-refractivity contribution in [3.05, 3.63) is 34.3 Å². The Bertz CT molecular complexity index is 295. The maximum atomic E-state index is 5.83. The molecule has 1 aromatic carbocycles. The molecule has 0 radical (unpaired) electrons. The highest BCUT2D eigenvalue weighted by Gasteiger charge is 2.12. The number of ether oxygens (including phenoxy) is 2. The van der Waals surface area contributed by atoms with Crippen molar-refractivity contribution in [3.8, 4) is 0 Å². The largest absolute Gasteiger partial charge is 0.382 e. The zero-order valence-corrected chi connectivity index (χ0v) is 11.7. The molecule has 1 rings (SSSR count). The van der Waals surface area contributed by atoms with Crippen LogP contribution < -0.4 is 0 Å². The fourth-order valence-corrected chi connectivity index (χ4v) is 1.64. The zero-order valence-electron chi connectivity index (χ0n) is 10.1. The maximum Gasteiger partial charge on any atom is 0.106 e. The molecule has 0 N–H and O–H groups in total. The van der Waals surface area contributed by atoms with E-state index in [9.17, 15) is 0 Å². The van der Waals surface area contributed by atoms with E-state index >= 15 is 0 Å². The van der Waals surface area contributed by atoms with Gasteiger partial charge in [-0.1, -0.05) is 41.9 Å². The van der Waals surface area contributed by atoms with Crippen molar-refractivity contribution < 1.29 is 9.47 Å². The molecule has 0 saturated carbocycles. The van der Waals surface area contributed by atoms with Gasteiger partial charge < -0.3 is 9.47 Å². The molecule has 0 aromatic heterocycles. The van der Waals surface area contributed by atoms with E-state index in [0.29, 0.717) is 12.5 Å². The molecule has 0 aliphatic carbocycles. The average molecular weight is 287 g/mol. The van der Waals surface area contributed by atoms with Crippen molar-refractivity contribution >= 4 is 15.9 Å². The van der Waals surface area contributed by atoms with Crippen molar-refractivity contribution in [1.29, 1.82) is 0 Å². The number of benzene rings is 1. The molecule has 0 heterocycles. The highest BCUT2D eigenvalue weighted by atomic mass is 79.9. The van der Waals surface area contributed by atoms with Gasteiger partial charge in [0.25, 0.3) is 0 Å². The summed E-state index contributed by atoms with van der Waals surface area (Å²) >= 11 is 3.42. The van der Waals surface area contributed by atoms with Gasteiger partial charge in [-0.3, -0.25) is 0 Å². The number of methoxy groups -OCH3 is 1. The van der Waals surface area contributed by atoms with Gasteiger partial charge in [0.1, 0.15) is 6.10 Å². The maximum absolute atomic E-state index is 5.83. The Balaban J connectivity index is 2.64. The fourth-order valence-electron chi connectivity index (χ4n) is 1.38. The summed E-state index contributed by atoms with van der Waals surface area (Å²) in [4.78, 5) is 0. The average Bonchev–Trinajstić information content (AvgIpc) is 2.25. The number of hydrogen-bond acceptors (Lipinski definition) is 2. The van der Waals surface area contributed by atoms with Crippen LogP contribution in [0.15, 0.2) is 28.7 Å². The molecule has 0 amide bonds. The van der Waals surface area contributed by atoms with Crippen LogP contribution in [-0.4, -0.2) is 20.3 Å². The van der Waals surface area contributed by atoms with E-state index in [1.54, 1.807) is 7.11 Å². The molecule has 16 heavy (non-hydrogen) atoms. The summed E-state index contributed by atoms with van der Waals surface area (Å²) in [7, 11) is 1.70. The summed E-state index contributed by atoms with van der Waals surface area (Å²) in [6, 6.07) is 8.18. The minimum atomic E-state index is 0.0282. The minimum Gasteiger partial charge on any atom is -0.382 e. The monoisotopic (exact) mass is 286 g/mol. The minimum absolute atomic E-state index is 0.0282. The first-order chi connectivity index (χ1) is 7.63. The van der Waals surface area contributed by atoms with Crippen LogP contribution in [0.1, 0.15) is 25.5 Å². The lowest BCUT2D eigenvalue weighted by atomic mass is 10.1. The third-order valence-electron chi connectivity index (χ3n) is 2.19. The Morgan fingerprint density at radius 3 is 2.25 bits per heavy atom. The summed E-state index contributed by atoms with van der Waals surface area (Å²) in [5.74, 6) is 0.537. The summed E-state index contributed by atoms with van der Waals surface area (Å²) in [5.41, 5.74) is 1.16. The molecule has 90 valence electrons. The standard InChI is InChI=1S/C13H19BrO2/c1-10(2)8-16-13(9-15-3)11-4-6-12(14)7-5-11/h4-7,10,13H,8-9H2,1-3H3/t13-/m1/s1. The molecular formula is C13H19BrO2. The molecule has 0 aliphatic heterocycles. The van der Waals surface area contributed by atoms with Gasteiger partial charge in [-0.25, -0.2) is 0 Å². The number of halogens is 1. The van der Waals surface area contributed by atoms with E-state index < -0.39 is 0 Å². The molecule has 1 atom stereocenters. The summed E-state index contributed by atoms with van der Waals surface area (Å²) in [6.07, 6.45) is 0.0282. The Hall–Kier alpha value is -0.380. The van der Waals surface area contributed by atoms with Gasteiger partial charge in [0.05, 0.1) is 6.61 Å². The van der Waals surface area contributed by atoms with Crippen LogP contribution in [0.25, 0.3) is 0 Å². The summed E-state index contributed by atoms with van der Waals surface area (Å²) in [5, 5.41) is 0. The smallest absolute Gasteiger partial charge is 0.106 e. The topological polar surface area (TPSA) is 18.5 Å². The van der Waals surface area contributed by atoms with Crippen molar-refractivity contribution in [3.63, 3.8) is 0 Å². The lowest BCUT2D eigenvalue weighted by Gasteiger charge is -2.19. The first kappa shape index (κ1) is 13.7. The second-order valence-electron chi connectivity index (χ2n) is 4.22. The quantitative estimate of drug-likeness (QED) is 0.792. The van der Waals surface area contributed by atoms with Crippen molar-refractivity contribution in [2.45, 2.75) is 20.0 Å². The van der Waals surface area contributed by atoms with Crippen LogP contribution >= 0.6 is 15.9 Å². The van der Waals surface area contributed by atoms with Crippen molar-refractivity contribution in [2.75, 3.05) is 20.3 Å². The molecule has 0 unspecified atom stereocenters. The predicted octanol–water partition coefficient (Wildman–Crippen LogP) is 3.81. The van der Waals surface area contributed by atoms with Gasteiger partial charge in [-0.05, 0) is 23.6 Å². The van der Waals surface area contributed by atoms with E-state index in [1.807, 2.05) is 12.1 Å². The van der Waals surface area contributed by atoms with E-state index in [4.69, 9.17) is 9.47 Å². The second-order valence-corrected chi connectivity index (χ2v) is 5.14. The van der Waals surface area contributed by atoms with Gasteiger partial charge in [0, 0.05) is 18.2 Å². The molecular weight excluding hydrogens is 268 g/mol. The molecule has 2 nitrogen and oxygen atoms in total. The van der Waals surface area contributed by atoms with E-state index in [1.165, 1.54) is 0 Å². The van der Waals surface area contributed by atoms with Gasteiger partial charge in [-0.15, -0.1) is 0 Å². The lowest BCUT2D eigenvalue weighted by Crippen LogP contribution is -2.14.